The predicted molar refractivity (Wildman–Crippen MR) is 68.9 cm³/mol. The molecule has 2 aromatic rings. The van der Waals surface area contributed by atoms with Crippen LogP contribution in [0.15, 0.2) is 48.5 Å². The summed E-state index contributed by atoms with van der Waals surface area (Å²) in [6.45, 7) is 0. The van der Waals surface area contributed by atoms with Crippen molar-refractivity contribution in [1.29, 1.82) is 0 Å². The molecule has 0 saturated carbocycles. The number of hydrogen-bond acceptors (Lipinski definition) is 1. The van der Waals surface area contributed by atoms with Crippen LogP contribution >= 0.6 is 23.2 Å². The van der Waals surface area contributed by atoms with E-state index in [1.165, 1.54) is 0 Å². The van der Waals surface area contributed by atoms with Crippen LogP contribution in [0.25, 0.3) is 0 Å². The average Bonchev–Trinajstić information content (AvgIpc) is 2.30. The second-order valence-electron chi connectivity index (χ2n) is 3.55. The first-order chi connectivity index (χ1) is 7.68. The van der Waals surface area contributed by atoms with Crippen LogP contribution in [0, 0.1) is 0 Å². The van der Waals surface area contributed by atoms with Crippen LogP contribution in [0.3, 0.4) is 0 Å². The van der Waals surface area contributed by atoms with Gasteiger partial charge in [0, 0.05) is 10.0 Å². The minimum Gasteiger partial charge on any atom is -0.320 e. The van der Waals surface area contributed by atoms with Crippen LogP contribution in [0.2, 0.25) is 10.0 Å². The van der Waals surface area contributed by atoms with Crippen LogP contribution in [0.5, 0.6) is 0 Å². The molecule has 16 heavy (non-hydrogen) atoms. The van der Waals surface area contributed by atoms with Crippen molar-refractivity contribution in [3.05, 3.63) is 69.7 Å². The normalized spacial score (nSPS) is 12.4. The fraction of sp³-hybridized carbons (Fsp3) is 0.0769. The Balaban J connectivity index is 2.35. The zero-order chi connectivity index (χ0) is 11.5. The van der Waals surface area contributed by atoms with E-state index in [1.807, 2.05) is 48.5 Å². The molecule has 0 aliphatic heterocycles. The van der Waals surface area contributed by atoms with Crippen LogP contribution in [0.1, 0.15) is 17.2 Å². The topological polar surface area (TPSA) is 26.0 Å². The third-order valence-electron chi connectivity index (χ3n) is 2.47. The lowest BCUT2D eigenvalue weighted by atomic mass is 10.00. The summed E-state index contributed by atoms with van der Waals surface area (Å²) >= 11 is 11.9. The lowest BCUT2D eigenvalue weighted by molar-refractivity contribution is 0.872. The molecule has 82 valence electrons. The lowest BCUT2D eigenvalue weighted by Gasteiger charge is -2.14. The van der Waals surface area contributed by atoms with E-state index in [0.29, 0.717) is 10.0 Å². The molecule has 0 amide bonds. The smallest absolute Gasteiger partial charge is 0.0566 e. The van der Waals surface area contributed by atoms with Crippen molar-refractivity contribution in [1.82, 2.24) is 0 Å². The minimum atomic E-state index is -0.217. The second kappa shape index (κ2) is 4.88. The average molecular weight is 252 g/mol. The maximum atomic E-state index is 6.14. The highest BCUT2D eigenvalue weighted by Gasteiger charge is 2.11. The van der Waals surface area contributed by atoms with Crippen LogP contribution in [0.4, 0.5) is 0 Å². The fourth-order valence-corrected chi connectivity index (χ4v) is 1.96. The Bertz CT molecular complexity index is 480. The third kappa shape index (κ3) is 2.38. The Morgan fingerprint density at radius 3 is 2.12 bits per heavy atom. The maximum absolute atomic E-state index is 6.14. The molecular weight excluding hydrogens is 241 g/mol. The number of benzene rings is 2. The number of hydrogen-bond donors (Lipinski definition) is 1. The monoisotopic (exact) mass is 251 g/mol. The molecule has 0 aliphatic carbocycles. The molecule has 0 aromatic heterocycles. The Morgan fingerprint density at radius 2 is 1.50 bits per heavy atom. The summed E-state index contributed by atoms with van der Waals surface area (Å²) in [4.78, 5) is 0. The molecule has 0 spiro atoms. The summed E-state index contributed by atoms with van der Waals surface area (Å²) in [5.74, 6) is 0. The van der Waals surface area contributed by atoms with Gasteiger partial charge in [-0.15, -0.1) is 0 Å². The van der Waals surface area contributed by atoms with Gasteiger partial charge in [0.05, 0.1) is 6.04 Å². The number of halogens is 2. The molecule has 2 rings (SSSR count). The Morgan fingerprint density at radius 1 is 0.875 bits per heavy atom. The molecule has 0 radical (unpaired) electrons. The zero-order valence-electron chi connectivity index (χ0n) is 8.53. The standard InChI is InChI=1S/C13H11Cl2N/c14-10-7-5-9(6-8-10)13(16)11-3-1-2-4-12(11)15/h1-8,13H,16H2/t13-/m0/s1. The van der Waals surface area contributed by atoms with Crippen LogP contribution < -0.4 is 5.73 Å². The predicted octanol–water partition coefficient (Wildman–Crippen LogP) is 4.04. The van der Waals surface area contributed by atoms with Crippen LogP contribution in [-0.2, 0) is 0 Å². The van der Waals surface area contributed by atoms with Gasteiger partial charge in [-0.25, -0.2) is 0 Å². The van der Waals surface area contributed by atoms with E-state index < -0.39 is 0 Å². The maximum Gasteiger partial charge on any atom is 0.0566 e. The van der Waals surface area contributed by atoms with Crippen molar-refractivity contribution in [2.45, 2.75) is 6.04 Å². The first-order valence-electron chi connectivity index (χ1n) is 4.94. The van der Waals surface area contributed by atoms with Crippen molar-refractivity contribution >= 4 is 23.2 Å². The molecular formula is C13H11Cl2N. The van der Waals surface area contributed by atoms with E-state index >= 15 is 0 Å². The molecule has 2 N–H and O–H groups in total. The highest BCUT2D eigenvalue weighted by Crippen LogP contribution is 2.26. The Kier molecular flexibility index (Phi) is 3.49. The molecule has 0 bridgehead atoms. The molecule has 1 nitrogen and oxygen atoms in total. The van der Waals surface area contributed by atoms with Crippen LogP contribution in [-0.4, -0.2) is 0 Å². The van der Waals surface area contributed by atoms with Gasteiger partial charge in [0.1, 0.15) is 0 Å². The number of rotatable bonds is 2. The van der Waals surface area contributed by atoms with Gasteiger partial charge < -0.3 is 5.73 Å². The highest BCUT2D eigenvalue weighted by molar-refractivity contribution is 6.31. The zero-order valence-corrected chi connectivity index (χ0v) is 10.0. The first kappa shape index (κ1) is 11.5. The van der Waals surface area contributed by atoms with Gasteiger partial charge in [-0.2, -0.15) is 0 Å². The molecule has 0 unspecified atom stereocenters. The van der Waals surface area contributed by atoms with E-state index in [0.717, 1.165) is 11.1 Å². The summed E-state index contributed by atoms with van der Waals surface area (Å²) in [5, 5.41) is 1.39. The van der Waals surface area contributed by atoms with Crippen molar-refractivity contribution < 1.29 is 0 Å². The van der Waals surface area contributed by atoms with Gasteiger partial charge in [0.2, 0.25) is 0 Å². The van der Waals surface area contributed by atoms with Crippen molar-refractivity contribution in [3.8, 4) is 0 Å². The molecule has 1 atom stereocenters. The molecule has 0 saturated heterocycles. The van der Waals surface area contributed by atoms with E-state index in [-0.39, 0.29) is 6.04 Å². The van der Waals surface area contributed by atoms with Gasteiger partial charge in [-0.05, 0) is 29.3 Å². The van der Waals surface area contributed by atoms with Gasteiger partial charge >= 0.3 is 0 Å². The van der Waals surface area contributed by atoms with Gasteiger partial charge in [0.15, 0.2) is 0 Å². The van der Waals surface area contributed by atoms with Crippen molar-refractivity contribution in [2.75, 3.05) is 0 Å². The van der Waals surface area contributed by atoms with Gasteiger partial charge in [-0.1, -0.05) is 53.5 Å². The van der Waals surface area contributed by atoms with E-state index in [2.05, 4.69) is 0 Å². The van der Waals surface area contributed by atoms with Gasteiger partial charge in [0.25, 0.3) is 0 Å². The van der Waals surface area contributed by atoms with E-state index in [9.17, 15) is 0 Å². The van der Waals surface area contributed by atoms with Crippen molar-refractivity contribution in [2.24, 2.45) is 5.73 Å². The summed E-state index contributed by atoms with van der Waals surface area (Å²) in [5.41, 5.74) is 8.06. The first-order valence-corrected chi connectivity index (χ1v) is 5.69. The lowest BCUT2D eigenvalue weighted by Crippen LogP contribution is -2.12. The van der Waals surface area contributed by atoms with Crippen molar-refractivity contribution in [3.63, 3.8) is 0 Å². The SMILES string of the molecule is N[C@@H](c1ccc(Cl)cc1)c1ccccc1Cl. The molecule has 0 fully saturated rings. The Labute approximate surface area is 105 Å². The third-order valence-corrected chi connectivity index (χ3v) is 3.07. The minimum absolute atomic E-state index is 0.217. The molecule has 0 heterocycles. The quantitative estimate of drug-likeness (QED) is 0.857. The molecule has 0 aliphatic rings. The summed E-state index contributed by atoms with van der Waals surface area (Å²) < 4.78 is 0. The summed E-state index contributed by atoms with van der Waals surface area (Å²) in [7, 11) is 0. The molecule has 3 heteroatoms. The Hall–Kier alpha value is -1.02. The largest absolute Gasteiger partial charge is 0.320 e. The van der Waals surface area contributed by atoms with E-state index in [4.69, 9.17) is 28.9 Å². The highest BCUT2D eigenvalue weighted by atomic mass is 35.5. The summed E-state index contributed by atoms with van der Waals surface area (Å²) in [6, 6.07) is 14.9. The number of nitrogens with two attached hydrogens (primary N) is 1. The molecule has 2 aromatic carbocycles. The van der Waals surface area contributed by atoms with Gasteiger partial charge in [-0.3, -0.25) is 0 Å². The summed E-state index contributed by atoms with van der Waals surface area (Å²) in [6.07, 6.45) is 0. The fourth-order valence-electron chi connectivity index (χ4n) is 1.58. The second-order valence-corrected chi connectivity index (χ2v) is 4.39. The van der Waals surface area contributed by atoms with E-state index in [1.54, 1.807) is 0 Å².